The third kappa shape index (κ3) is 11.9. The number of alkyl halides is 1. The first-order valence-electron chi connectivity index (χ1n) is 16.3. The summed E-state index contributed by atoms with van der Waals surface area (Å²) < 4.78 is 12.8. The standard InChI is InChI=1S/C38H53ClO2/c1-2-3-4-5-6-7-8-9-10-11-12-13-14-24-31-40-32-37(39)33-41-38(34-25-18-15-19-26-34,35-27-20-16-21-28-35)36-29-22-17-23-30-36/h15-23,25-30,37H,2-14,24,31-33H2,1H3. The average molecular weight is 577 g/mol. The molecule has 0 spiro atoms. The Labute approximate surface area is 255 Å². The monoisotopic (exact) mass is 576 g/mol. The van der Waals surface area contributed by atoms with Crippen LogP contribution < -0.4 is 0 Å². The molecule has 41 heavy (non-hydrogen) atoms. The molecule has 0 saturated carbocycles. The summed E-state index contributed by atoms with van der Waals surface area (Å²) in [5, 5.41) is -0.225. The van der Waals surface area contributed by atoms with E-state index in [1.54, 1.807) is 0 Å². The summed E-state index contributed by atoms with van der Waals surface area (Å²) in [4.78, 5) is 0. The smallest absolute Gasteiger partial charge is 0.143 e. The molecule has 1 atom stereocenters. The topological polar surface area (TPSA) is 18.5 Å². The van der Waals surface area contributed by atoms with Gasteiger partial charge in [0.2, 0.25) is 0 Å². The van der Waals surface area contributed by atoms with Gasteiger partial charge in [0.1, 0.15) is 5.60 Å². The molecule has 224 valence electrons. The van der Waals surface area contributed by atoms with Gasteiger partial charge in [0, 0.05) is 6.61 Å². The van der Waals surface area contributed by atoms with Gasteiger partial charge in [0.15, 0.2) is 0 Å². The van der Waals surface area contributed by atoms with Gasteiger partial charge in [0.25, 0.3) is 0 Å². The molecule has 0 saturated heterocycles. The van der Waals surface area contributed by atoms with Crippen molar-refractivity contribution in [2.75, 3.05) is 19.8 Å². The van der Waals surface area contributed by atoms with E-state index in [0.717, 1.165) is 29.7 Å². The number of hydrogen-bond acceptors (Lipinski definition) is 2. The van der Waals surface area contributed by atoms with Crippen LogP contribution in [0.1, 0.15) is 114 Å². The first-order valence-corrected chi connectivity index (χ1v) is 16.7. The van der Waals surface area contributed by atoms with E-state index in [-0.39, 0.29) is 5.38 Å². The van der Waals surface area contributed by atoms with Crippen molar-refractivity contribution in [3.8, 4) is 0 Å². The number of ether oxygens (including phenoxy) is 2. The van der Waals surface area contributed by atoms with Crippen LogP contribution in [-0.4, -0.2) is 25.2 Å². The van der Waals surface area contributed by atoms with Crippen LogP contribution in [0.4, 0.5) is 0 Å². The normalized spacial score (nSPS) is 12.4. The zero-order chi connectivity index (χ0) is 28.9. The summed E-state index contributed by atoms with van der Waals surface area (Å²) in [5.41, 5.74) is 2.52. The summed E-state index contributed by atoms with van der Waals surface area (Å²) in [6.45, 7) is 3.94. The minimum atomic E-state index is -0.744. The Morgan fingerprint density at radius 2 is 0.878 bits per heavy atom. The van der Waals surface area contributed by atoms with Crippen molar-refractivity contribution < 1.29 is 9.47 Å². The van der Waals surface area contributed by atoms with Gasteiger partial charge in [0.05, 0.1) is 18.6 Å². The summed E-state index contributed by atoms with van der Waals surface area (Å²) >= 11 is 6.76. The van der Waals surface area contributed by atoms with E-state index in [2.05, 4.69) is 79.7 Å². The quantitative estimate of drug-likeness (QED) is 0.0634. The van der Waals surface area contributed by atoms with E-state index in [4.69, 9.17) is 21.1 Å². The molecule has 3 rings (SSSR count). The number of rotatable bonds is 23. The van der Waals surface area contributed by atoms with E-state index in [0.29, 0.717) is 13.2 Å². The molecule has 0 aliphatic heterocycles. The van der Waals surface area contributed by atoms with Gasteiger partial charge in [-0.1, -0.05) is 181 Å². The Kier molecular flexibility index (Phi) is 16.8. The SMILES string of the molecule is CCCCCCCCCCCCCCCCOCC(Cl)COC(c1ccccc1)(c1ccccc1)c1ccccc1. The fourth-order valence-corrected chi connectivity index (χ4v) is 5.79. The average Bonchev–Trinajstić information content (AvgIpc) is 3.03. The maximum Gasteiger partial charge on any atom is 0.143 e. The molecule has 0 aliphatic carbocycles. The van der Waals surface area contributed by atoms with Crippen molar-refractivity contribution in [1.29, 1.82) is 0 Å². The van der Waals surface area contributed by atoms with Crippen molar-refractivity contribution >= 4 is 11.6 Å². The molecule has 3 heteroatoms. The fourth-order valence-electron chi connectivity index (χ4n) is 5.64. The second kappa shape index (κ2) is 20.7. The molecule has 2 nitrogen and oxygen atoms in total. The largest absolute Gasteiger partial charge is 0.380 e. The number of hydrogen-bond donors (Lipinski definition) is 0. The molecule has 0 aromatic heterocycles. The molecule has 0 N–H and O–H groups in total. The molecule has 0 aliphatic rings. The molecule has 3 aromatic rings. The lowest BCUT2D eigenvalue weighted by atomic mass is 9.80. The highest BCUT2D eigenvalue weighted by molar-refractivity contribution is 6.20. The second-order valence-electron chi connectivity index (χ2n) is 11.4. The fraction of sp³-hybridized carbons (Fsp3) is 0.526. The summed E-state index contributed by atoms with van der Waals surface area (Å²) in [6.07, 6.45) is 19.1. The third-order valence-electron chi connectivity index (χ3n) is 7.96. The third-order valence-corrected chi connectivity index (χ3v) is 8.21. The van der Waals surface area contributed by atoms with E-state index in [9.17, 15) is 0 Å². The van der Waals surface area contributed by atoms with Crippen LogP contribution in [0.3, 0.4) is 0 Å². The Balaban J connectivity index is 1.36. The van der Waals surface area contributed by atoms with Crippen molar-refractivity contribution in [3.05, 3.63) is 108 Å². The predicted molar refractivity (Wildman–Crippen MR) is 176 cm³/mol. The first-order chi connectivity index (χ1) is 20.3. The lowest BCUT2D eigenvalue weighted by molar-refractivity contribution is 0.00135. The predicted octanol–water partition coefficient (Wildman–Crippen LogP) is 11.1. The lowest BCUT2D eigenvalue weighted by Gasteiger charge is -2.36. The summed E-state index contributed by atoms with van der Waals surface area (Å²) in [7, 11) is 0. The lowest BCUT2D eigenvalue weighted by Crippen LogP contribution is -2.35. The molecule has 0 radical (unpaired) electrons. The molecule has 3 aromatic carbocycles. The number of unbranched alkanes of at least 4 members (excludes halogenated alkanes) is 13. The molecule has 0 amide bonds. The van der Waals surface area contributed by atoms with E-state index in [1.807, 2.05) is 18.2 Å². The Morgan fingerprint density at radius 1 is 0.512 bits per heavy atom. The molecule has 0 heterocycles. The number of benzene rings is 3. The maximum absolute atomic E-state index is 6.82. The highest BCUT2D eigenvalue weighted by atomic mass is 35.5. The van der Waals surface area contributed by atoms with Crippen molar-refractivity contribution in [1.82, 2.24) is 0 Å². The van der Waals surface area contributed by atoms with Crippen LogP contribution in [-0.2, 0) is 15.1 Å². The van der Waals surface area contributed by atoms with Crippen LogP contribution >= 0.6 is 11.6 Å². The molecular formula is C38H53ClO2. The maximum atomic E-state index is 6.82. The van der Waals surface area contributed by atoms with E-state index in [1.165, 1.54) is 83.5 Å². The second-order valence-corrected chi connectivity index (χ2v) is 12.0. The molecule has 1 unspecified atom stereocenters. The van der Waals surface area contributed by atoms with Gasteiger partial charge < -0.3 is 9.47 Å². The minimum absolute atomic E-state index is 0.225. The Morgan fingerprint density at radius 3 is 1.27 bits per heavy atom. The van der Waals surface area contributed by atoms with Crippen molar-refractivity contribution in [2.45, 2.75) is 108 Å². The van der Waals surface area contributed by atoms with E-state index >= 15 is 0 Å². The van der Waals surface area contributed by atoms with Crippen molar-refractivity contribution in [2.24, 2.45) is 0 Å². The molecule has 0 bridgehead atoms. The van der Waals surface area contributed by atoms with Crippen molar-refractivity contribution in [3.63, 3.8) is 0 Å². The Bertz CT molecular complexity index is 912. The molecular weight excluding hydrogens is 524 g/mol. The highest BCUT2D eigenvalue weighted by Gasteiger charge is 2.38. The van der Waals surface area contributed by atoms with Gasteiger partial charge >= 0.3 is 0 Å². The highest BCUT2D eigenvalue weighted by Crippen LogP contribution is 2.40. The van der Waals surface area contributed by atoms with Crippen LogP contribution in [0.25, 0.3) is 0 Å². The van der Waals surface area contributed by atoms with Gasteiger partial charge in [-0.25, -0.2) is 0 Å². The van der Waals surface area contributed by atoms with Gasteiger partial charge in [-0.2, -0.15) is 0 Å². The summed E-state index contributed by atoms with van der Waals surface area (Å²) in [6, 6.07) is 31.3. The van der Waals surface area contributed by atoms with Crippen LogP contribution in [0.5, 0.6) is 0 Å². The zero-order valence-electron chi connectivity index (χ0n) is 25.5. The van der Waals surface area contributed by atoms with Crippen LogP contribution in [0.2, 0.25) is 0 Å². The van der Waals surface area contributed by atoms with Crippen LogP contribution in [0, 0.1) is 0 Å². The minimum Gasteiger partial charge on any atom is -0.380 e. The Hall–Kier alpha value is -2.13. The summed E-state index contributed by atoms with van der Waals surface area (Å²) in [5.74, 6) is 0. The van der Waals surface area contributed by atoms with Gasteiger partial charge in [-0.05, 0) is 23.1 Å². The van der Waals surface area contributed by atoms with Gasteiger partial charge in [-0.15, -0.1) is 11.6 Å². The van der Waals surface area contributed by atoms with Crippen LogP contribution in [0.15, 0.2) is 91.0 Å². The van der Waals surface area contributed by atoms with E-state index < -0.39 is 5.60 Å². The van der Waals surface area contributed by atoms with Gasteiger partial charge in [-0.3, -0.25) is 0 Å². The first kappa shape index (κ1) is 33.4. The molecule has 0 fully saturated rings. The number of halogens is 1. The zero-order valence-corrected chi connectivity index (χ0v) is 26.2.